The van der Waals surface area contributed by atoms with E-state index in [-0.39, 0.29) is 29.3 Å². The topological polar surface area (TPSA) is 58.2 Å². The summed E-state index contributed by atoms with van der Waals surface area (Å²) in [5.74, 6) is -0.0145. The number of halogens is 1. The van der Waals surface area contributed by atoms with Crippen molar-refractivity contribution in [2.45, 2.75) is 58.9 Å². The Bertz CT molecular complexity index is 595. The summed E-state index contributed by atoms with van der Waals surface area (Å²) >= 11 is 0. The van der Waals surface area contributed by atoms with Gasteiger partial charge in [-0.05, 0) is 56.1 Å². The third-order valence-electron chi connectivity index (χ3n) is 4.86. The van der Waals surface area contributed by atoms with Crippen molar-refractivity contribution in [3.05, 3.63) is 30.1 Å². The maximum absolute atomic E-state index is 13.8. The Labute approximate surface area is 149 Å². The molecule has 0 heterocycles. The highest BCUT2D eigenvalue weighted by molar-refractivity contribution is 5.97. The van der Waals surface area contributed by atoms with Crippen LogP contribution >= 0.6 is 0 Å². The lowest BCUT2D eigenvalue weighted by Gasteiger charge is -2.28. The zero-order chi connectivity index (χ0) is 18.4. The fraction of sp³-hybridized carbons (Fsp3) is 0.600. The van der Waals surface area contributed by atoms with Gasteiger partial charge < -0.3 is 10.6 Å². The molecule has 2 rings (SSSR count). The first-order valence-electron chi connectivity index (χ1n) is 9.22. The fourth-order valence-electron chi connectivity index (χ4n) is 3.30. The van der Waals surface area contributed by atoms with Gasteiger partial charge in [0.2, 0.25) is 11.8 Å². The van der Waals surface area contributed by atoms with Gasteiger partial charge in [0, 0.05) is 5.92 Å². The normalized spacial score (nSPS) is 21.6. The molecule has 1 fully saturated rings. The highest BCUT2D eigenvalue weighted by Gasteiger charge is 2.29. The van der Waals surface area contributed by atoms with Crippen LogP contribution in [0.5, 0.6) is 0 Å². The summed E-state index contributed by atoms with van der Waals surface area (Å²) in [6.45, 7) is 6.20. The van der Waals surface area contributed by atoms with Crippen molar-refractivity contribution in [1.29, 1.82) is 0 Å². The molecule has 1 atom stereocenters. The lowest BCUT2D eigenvalue weighted by Crippen LogP contribution is -2.47. The van der Waals surface area contributed by atoms with E-state index in [9.17, 15) is 14.0 Å². The number of para-hydroxylation sites is 1. The summed E-state index contributed by atoms with van der Waals surface area (Å²) in [4.78, 5) is 25.1. The summed E-state index contributed by atoms with van der Waals surface area (Å²) < 4.78 is 13.8. The van der Waals surface area contributed by atoms with E-state index < -0.39 is 11.9 Å². The molecule has 2 amide bonds. The van der Waals surface area contributed by atoms with E-state index in [1.54, 1.807) is 12.1 Å². The Hall–Kier alpha value is -1.91. The van der Waals surface area contributed by atoms with Gasteiger partial charge in [-0.15, -0.1) is 0 Å². The molecule has 0 aromatic heterocycles. The molecule has 1 aromatic carbocycles. The number of hydrogen-bond donors (Lipinski definition) is 2. The van der Waals surface area contributed by atoms with Crippen LogP contribution < -0.4 is 10.6 Å². The minimum Gasteiger partial charge on any atom is -0.344 e. The summed E-state index contributed by atoms with van der Waals surface area (Å²) in [5.41, 5.74) is 0.141. The molecule has 4 nitrogen and oxygen atoms in total. The summed E-state index contributed by atoms with van der Waals surface area (Å²) in [6, 6.07) is 5.41. The van der Waals surface area contributed by atoms with Gasteiger partial charge >= 0.3 is 0 Å². The predicted octanol–water partition coefficient (Wildman–Crippen LogP) is 4.12. The third kappa shape index (κ3) is 5.83. The van der Waals surface area contributed by atoms with Gasteiger partial charge in [0.1, 0.15) is 11.9 Å². The molecule has 0 bridgehead atoms. The Kier molecular flexibility index (Phi) is 6.97. The molecule has 1 aliphatic carbocycles. The van der Waals surface area contributed by atoms with Crippen molar-refractivity contribution in [3.8, 4) is 0 Å². The molecule has 2 N–H and O–H groups in total. The maximum atomic E-state index is 13.8. The van der Waals surface area contributed by atoms with Crippen LogP contribution in [0.25, 0.3) is 0 Å². The second kappa shape index (κ2) is 8.97. The summed E-state index contributed by atoms with van der Waals surface area (Å²) in [5, 5.41) is 5.50. The lowest BCUT2D eigenvalue weighted by atomic mass is 9.82. The molecule has 0 saturated heterocycles. The Morgan fingerprint density at radius 1 is 1.16 bits per heavy atom. The quantitative estimate of drug-likeness (QED) is 0.812. The molecule has 0 radical (unpaired) electrons. The van der Waals surface area contributed by atoms with Crippen LogP contribution in [0.2, 0.25) is 0 Å². The van der Waals surface area contributed by atoms with Crippen LogP contribution in [-0.2, 0) is 9.59 Å². The Morgan fingerprint density at radius 3 is 2.40 bits per heavy atom. The molecule has 25 heavy (non-hydrogen) atoms. The molecule has 5 heteroatoms. The largest absolute Gasteiger partial charge is 0.344 e. The van der Waals surface area contributed by atoms with Crippen molar-refractivity contribution in [2.24, 2.45) is 17.8 Å². The maximum Gasteiger partial charge on any atom is 0.247 e. The van der Waals surface area contributed by atoms with Crippen molar-refractivity contribution in [1.82, 2.24) is 5.32 Å². The van der Waals surface area contributed by atoms with E-state index in [1.807, 2.05) is 13.8 Å². The van der Waals surface area contributed by atoms with E-state index in [1.165, 1.54) is 12.1 Å². The molecule has 1 aromatic rings. The first kappa shape index (κ1) is 19.4. The van der Waals surface area contributed by atoms with Crippen LogP contribution in [0.4, 0.5) is 10.1 Å². The van der Waals surface area contributed by atoms with Gasteiger partial charge in [0.25, 0.3) is 0 Å². The van der Waals surface area contributed by atoms with Gasteiger partial charge in [-0.1, -0.05) is 32.9 Å². The molecule has 1 aliphatic rings. The molecular formula is C20H29FN2O2. The highest BCUT2D eigenvalue weighted by Crippen LogP contribution is 2.28. The summed E-state index contributed by atoms with van der Waals surface area (Å²) in [6.07, 6.45) is 4.37. The lowest BCUT2D eigenvalue weighted by molar-refractivity contribution is -0.130. The van der Waals surface area contributed by atoms with E-state index >= 15 is 0 Å². The first-order chi connectivity index (χ1) is 11.9. The number of nitrogens with one attached hydrogen (secondary N) is 2. The zero-order valence-electron chi connectivity index (χ0n) is 15.3. The van der Waals surface area contributed by atoms with Crippen molar-refractivity contribution in [3.63, 3.8) is 0 Å². The van der Waals surface area contributed by atoms with Gasteiger partial charge in [-0.25, -0.2) is 4.39 Å². The van der Waals surface area contributed by atoms with E-state index in [2.05, 4.69) is 17.6 Å². The fourth-order valence-corrected chi connectivity index (χ4v) is 3.30. The predicted molar refractivity (Wildman–Crippen MR) is 97.5 cm³/mol. The average molecular weight is 348 g/mol. The minimum absolute atomic E-state index is 0.0212. The number of anilines is 1. The van der Waals surface area contributed by atoms with Crippen LogP contribution in [0.15, 0.2) is 24.3 Å². The molecule has 138 valence electrons. The number of benzene rings is 1. The SMILES string of the molecule is CC(C)CC(NC(=O)C1CCC(C)CC1)C(=O)Nc1ccccc1F. The molecular weight excluding hydrogens is 319 g/mol. The second-order valence-electron chi connectivity index (χ2n) is 7.62. The standard InChI is InChI=1S/C20H29FN2O2/c1-13(2)12-18(20(25)22-17-7-5-4-6-16(17)21)23-19(24)15-10-8-14(3)9-11-15/h4-7,13-15,18H,8-12H2,1-3H3,(H,22,25)(H,23,24). The molecule has 1 unspecified atom stereocenters. The molecule has 1 saturated carbocycles. The number of hydrogen-bond acceptors (Lipinski definition) is 2. The van der Waals surface area contributed by atoms with Crippen molar-refractivity contribution < 1.29 is 14.0 Å². The first-order valence-corrected chi connectivity index (χ1v) is 9.22. The third-order valence-corrected chi connectivity index (χ3v) is 4.86. The number of rotatable bonds is 6. The van der Waals surface area contributed by atoms with Gasteiger partial charge in [0.05, 0.1) is 5.69 Å². The number of carbonyl (C=O) groups excluding carboxylic acids is 2. The van der Waals surface area contributed by atoms with Crippen LogP contribution in [0.3, 0.4) is 0 Å². The van der Waals surface area contributed by atoms with Crippen LogP contribution in [0, 0.1) is 23.6 Å². The van der Waals surface area contributed by atoms with E-state index in [0.717, 1.165) is 25.7 Å². The minimum atomic E-state index is -0.647. The molecule has 0 aliphatic heterocycles. The Balaban J connectivity index is 2.01. The molecule has 0 spiro atoms. The van der Waals surface area contributed by atoms with Crippen molar-refractivity contribution >= 4 is 17.5 Å². The van der Waals surface area contributed by atoms with E-state index in [4.69, 9.17) is 0 Å². The number of amides is 2. The van der Waals surface area contributed by atoms with Gasteiger partial charge in [0.15, 0.2) is 0 Å². The number of carbonyl (C=O) groups is 2. The van der Waals surface area contributed by atoms with Gasteiger partial charge in [-0.3, -0.25) is 9.59 Å². The van der Waals surface area contributed by atoms with Crippen LogP contribution in [-0.4, -0.2) is 17.9 Å². The second-order valence-corrected chi connectivity index (χ2v) is 7.62. The summed E-state index contributed by atoms with van der Waals surface area (Å²) in [7, 11) is 0. The highest BCUT2D eigenvalue weighted by atomic mass is 19.1. The van der Waals surface area contributed by atoms with Crippen molar-refractivity contribution in [2.75, 3.05) is 5.32 Å². The van der Waals surface area contributed by atoms with Gasteiger partial charge in [-0.2, -0.15) is 0 Å². The van der Waals surface area contributed by atoms with E-state index in [0.29, 0.717) is 12.3 Å². The van der Waals surface area contributed by atoms with Crippen LogP contribution in [0.1, 0.15) is 52.9 Å². The zero-order valence-corrected chi connectivity index (χ0v) is 15.3. The Morgan fingerprint density at radius 2 is 1.80 bits per heavy atom. The monoisotopic (exact) mass is 348 g/mol. The smallest absolute Gasteiger partial charge is 0.247 e. The average Bonchev–Trinajstić information content (AvgIpc) is 2.56.